The average molecular weight is 449 g/mol. The van der Waals surface area contributed by atoms with E-state index in [9.17, 15) is 18.3 Å². The zero-order valence-corrected chi connectivity index (χ0v) is 16.9. The largest absolute Gasteiger partial charge is 0.465 e. The van der Waals surface area contributed by atoms with Gasteiger partial charge in [0.15, 0.2) is 0 Å². The van der Waals surface area contributed by atoms with Crippen molar-refractivity contribution in [2.24, 2.45) is 0 Å². The third-order valence-electron chi connectivity index (χ3n) is 4.90. The van der Waals surface area contributed by atoms with Gasteiger partial charge in [-0.15, -0.1) is 0 Å². The number of aryl methyl sites for hydroxylation is 1. The van der Waals surface area contributed by atoms with Crippen LogP contribution in [-0.2, 0) is 23.0 Å². The van der Waals surface area contributed by atoms with E-state index >= 15 is 0 Å². The summed E-state index contributed by atoms with van der Waals surface area (Å²) >= 11 is 3.41. The van der Waals surface area contributed by atoms with E-state index in [2.05, 4.69) is 15.9 Å². The van der Waals surface area contributed by atoms with E-state index < -0.39 is 16.1 Å². The van der Waals surface area contributed by atoms with Gasteiger partial charge in [-0.1, -0.05) is 39.7 Å². The van der Waals surface area contributed by atoms with E-state index in [-0.39, 0.29) is 11.4 Å². The first-order valence-electron chi connectivity index (χ1n) is 8.41. The van der Waals surface area contributed by atoms with Crippen LogP contribution in [0.15, 0.2) is 51.8 Å². The molecule has 0 atom stereocenters. The molecular weight excluding hydrogens is 432 g/mol. The van der Waals surface area contributed by atoms with Crippen LogP contribution in [0.5, 0.6) is 0 Å². The molecule has 8 heteroatoms. The van der Waals surface area contributed by atoms with Crippen molar-refractivity contribution in [3.63, 3.8) is 0 Å². The van der Waals surface area contributed by atoms with E-state index in [1.807, 2.05) is 19.1 Å². The second kappa shape index (κ2) is 6.38. The van der Waals surface area contributed by atoms with Gasteiger partial charge in [-0.2, -0.15) is 0 Å². The van der Waals surface area contributed by atoms with Gasteiger partial charge < -0.3 is 10.0 Å². The number of nitrogens with zero attached hydrogens (tertiary/aromatic N) is 2. The highest BCUT2D eigenvalue weighted by molar-refractivity contribution is 9.10. The number of carbonyl (C=O) groups is 1. The maximum atomic E-state index is 13.5. The average Bonchev–Trinajstić information content (AvgIpc) is 2.95. The Hall–Kier alpha value is -2.32. The Balaban J connectivity index is 2.02. The third-order valence-corrected chi connectivity index (χ3v) is 7.16. The number of amides is 1. The molecule has 1 N–H and O–H groups in total. The highest BCUT2D eigenvalue weighted by Gasteiger charge is 2.31. The monoisotopic (exact) mass is 448 g/mol. The van der Waals surface area contributed by atoms with Crippen molar-refractivity contribution in [3.05, 3.63) is 63.8 Å². The summed E-state index contributed by atoms with van der Waals surface area (Å²) in [4.78, 5) is 12.9. The Morgan fingerprint density at radius 2 is 1.85 bits per heavy atom. The summed E-state index contributed by atoms with van der Waals surface area (Å²) in [6.07, 6.45) is -0.567. The maximum absolute atomic E-state index is 13.5. The van der Waals surface area contributed by atoms with Crippen LogP contribution in [0.1, 0.15) is 16.8 Å². The van der Waals surface area contributed by atoms with Crippen molar-refractivity contribution in [3.8, 4) is 0 Å². The Morgan fingerprint density at radius 3 is 2.52 bits per heavy atom. The molecule has 1 aliphatic heterocycles. The number of hydrogen-bond acceptors (Lipinski definition) is 3. The van der Waals surface area contributed by atoms with Crippen molar-refractivity contribution in [2.45, 2.75) is 24.8 Å². The molecule has 0 fully saturated rings. The summed E-state index contributed by atoms with van der Waals surface area (Å²) in [6, 6.07) is 12.2. The molecule has 1 aliphatic rings. The summed E-state index contributed by atoms with van der Waals surface area (Å²) in [6.45, 7) is 2.29. The topological polar surface area (TPSA) is 79.6 Å². The first-order valence-corrected chi connectivity index (χ1v) is 10.6. The minimum atomic E-state index is -3.87. The first-order chi connectivity index (χ1) is 12.8. The standard InChI is InChI=1S/C19H17BrN2O4S/c1-12-2-5-14(6-3-12)27(25,26)22-17-10-13(20)4-7-15(17)16-8-9-21(19(23)24)11-18(16)22/h2-7,10H,8-9,11H2,1H3,(H,23,24). The van der Waals surface area contributed by atoms with Crippen molar-refractivity contribution in [2.75, 3.05) is 6.54 Å². The fourth-order valence-electron chi connectivity index (χ4n) is 3.55. The van der Waals surface area contributed by atoms with E-state index in [0.717, 1.165) is 21.0 Å². The minimum absolute atomic E-state index is 0.0437. The van der Waals surface area contributed by atoms with Crippen LogP contribution in [-0.4, -0.2) is 35.0 Å². The second-order valence-corrected chi connectivity index (χ2v) is 9.33. The number of halogens is 1. The summed E-state index contributed by atoms with van der Waals surface area (Å²) in [5.74, 6) is 0. The normalized spacial score (nSPS) is 14.4. The number of fused-ring (bicyclic) bond motifs is 3. The first kappa shape index (κ1) is 18.1. The van der Waals surface area contributed by atoms with Gasteiger partial charge in [0.05, 0.1) is 22.7 Å². The molecule has 6 nitrogen and oxygen atoms in total. The zero-order valence-electron chi connectivity index (χ0n) is 14.5. The Labute approximate surface area is 165 Å². The highest BCUT2D eigenvalue weighted by atomic mass is 79.9. The van der Waals surface area contributed by atoms with Crippen molar-refractivity contribution in [1.82, 2.24) is 8.87 Å². The summed E-state index contributed by atoms with van der Waals surface area (Å²) in [7, 11) is -3.87. The van der Waals surface area contributed by atoms with Gasteiger partial charge in [-0.05, 0) is 43.2 Å². The van der Waals surface area contributed by atoms with Gasteiger partial charge in [0.2, 0.25) is 0 Å². The van der Waals surface area contributed by atoms with Gasteiger partial charge in [-0.25, -0.2) is 17.2 Å². The second-order valence-electron chi connectivity index (χ2n) is 6.62. The molecule has 2 heterocycles. The van der Waals surface area contributed by atoms with E-state index in [1.165, 1.54) is 8.87 Å². The fraction of sp³-hybridized carbons (Fsp3) is 0.211. The van der Waals surface area contributed by atoms with E-state index in [1.54, 1.807) is 30.3 Å². The molecule has 1 aromatic heterocycles. The van der Waals surface area contributed by atoms with Crippen LogP contribution in [0, 0.1) is 6.92 Å². The van der Waals surface area contributed by atoms with Gasteiger partial charge in [0, 0.05) is 16.4 Å². The summed E-state index contributed by atoms with van der Waals surface area (Å²) in [5.41, 5.74) is 2.93. The molecule has 140 valence electrons. The predicted molar refractivity (Wildman–Crippen MR) is 106 cm³/mol. The van der Waals surface area contributed by atoms with Crippen LogP contribution in [0.4, 0.5) is 4.79 Å². The van der Waals surface area contributed by atoms with Crippen LogP contribution < -0.4 is 0 Å². The molecule has 0 unspecified atom stereocenters. The molecule has 1 amide bonds. The molecule has 27 heavy (non-hydrogen) atoms. The van der Waals surface area contributed by atoms with Gasteiger partial charge in [0.25, 0.3) is 10.0 Å². The summed E-state index contributed by atoms with van der Waals surface area (Å²) < 4.78 is 29.0. The third kappa shape index (κ3) is 2.93. The molecule has 0 saturated heterocycles. The maximum Gasteiger partial charge on any atom is 0.407 e. The molecule has 3 aromatic rings. The lowest BCUT2D eigenvalue weighted by Crippen LogP contribution is -2.36. The molecule has 0 spiro atoms. The number of aromatic nitrogens is 1. The number of benzene rings is 2. The van der Waals surface area contributed by atoms with Gasteiger partial charge in [0.1, 0.15) is 0 Å². The van der Waals surface area contributed by atoms with Crippen molar-refractivity contribution < 1.29 is 18.3 Å². The molecule has 4 rings (SSSR count). The lowest BCUT2D eigenvalue weighted by atomic mass is 10.0. The van der Waals surface area contributed by atoms with Gasteiger partial charge in [-0.3, -0.25) is 0 Å². The number of rotatable bonds is 2. The van der Waals surface area contributed by atoms with Crippen molar-refractivity contribution in [1.29, 1.82) is 0 Å². The van der Waals surface area contributed by atoms with Crippen LogP contribution in [0.25, 0.3) is 10.9 Å². The molecular formula is C19H17BrN2O4S. The lowest BCUT2D eigenvalue weighted by molar-refractivity contribution is 0.139. The van der Waals surface area contributed by atoms with E-state index in [4.69, 9.17) is 0 Å². The quantitative estimate of drug-likeness (QED) is 0.642. The fourth-order valence-corrected chi connectivity index (χ4v) is 5.46. The van der Waals surface area contributed by atoms with Gasteiger partial charge >= 0.3 is 6.09 Å². The highest BCUT2D eigenvalue weighted by Crippen LogP contribution is 2.35. The molecule has 2 aromatic carbocycles. The number of hydrogen-bond donors (Lipinski definition) is 1. The van der Waals surface area contributed by atoms with Crippen LogP contribution in [0.3, 0.4) is 0 Å². The molecule has 0 radical (unpaired) electrons. The molecule has 0 bridgehead atoms. The SMILES string of the molecule is Cc1ccc(S(=O)(=O)n2c3c(c4ccc(Br)cc42)CCN(C(=O)O)C3)cc1. The molecule has 0 saturated carbocycles. The molecule has 0 aliphatic carbocycles. The van der Waals surface area contributed by atoms with Crippen LogP contribution in [0.2, 0.25) is 0 Å². The van der Waals surface area contributed by atoms with E-state index in [0.29, 0.717) is 24.2 Å². The smallest absolute Gasteiger partial charge is 0.407 e. The Kier molecular flexibility index (Phi) is 4.27. The zero-order chi connectivity index (χ0) is 19.3. The lowest BCUT2D eigenvalue weighted by Gasteiger charge is -2.25. The van der Waals surface area contributed by atoms with Crippen molar-refractivity contribution >= 4 is 42.9 Å². The summed E-state index contributed by atoms with van der Waals surface area (Å²) in [5, 5.41) is 10.2. The van der Waals surface area contributed by atoms with Crippen LogP contribution >= 0.6 is 15.9 Å². The predicted octanol–water partition coefficient (Wildman–Crippen LogP) is 3.99. The number of carboxylic acid groups (broad SMARTS) is 1. The minimum Gasteiger partial charge on any atom is -0.465 e. The Bertz CT molecular complexity index is 1170. The Morgan fingerprint density at radius 1 is 1.15 bits per heavy atom.